The standard InChI is InChI=1S/C35H27F3N6/c1-42-31-10-6-4-8-25(31)27-17-21(12-14-32(27)42)44(23-15-16-41-29(18-23)28(39)20-34(40)35(36,37)38)22-11-13-26-24-7-3-5-9-30(24)43(2)33(26)19-22/h3-20,40H,39H2,1-2H3/b28-20-,40-34?. The minimum atomic E-state index is -4.81. The number of halogens is 3. The average molecular weight is 589 g/mol. The maximum absolute atomic E-state index is 13.1. The number of nitrogens with one attached hydrogen (secondary N) is 1. The fraction of sp³-hybridized carbons (Fsp3) is 0.0857. The number of benzene rings is 4. The second kappa shape index (κ2) is 10.0. The normalized spacial score (nSPS) is 12.5. The number of para-hydroxylation sites is 2. The number of alkyl halides is 3. The molecule has 0 unspecified atom stereocenters. The van der Waals surface area contributed by atoms with E-state index in [0.717, 1.165) is 55.0 Å². The summed E-state index contributed by atoms with van der Waals surface area (Å²) in [5.41, 5.74) is 11.1. The van der Waals surface area contributed by atoms with Gasteiger partial charge in [-0.2, -0.15) is 13.2 Å². The molecule has 6 nitrogen and oxygen atoms in total. The van der Waals surface area contributed by atoms with Crippen molar-refractivity contribution in [2.24, 2.45) is 19.8 Å². The van der Waals surface area contributed by atoms with E-state index < -0.39 is 11.9 Å². The molecule has 0 bridgehead atoms. The van der Waals surface area contributed by atoms with Gasteiger partial charge in [0.25, 0.3) is 0 Å². The predicted molar refractivity (Wildman–Crippen MR) is 173 cm³/mol. The van der Waals surface area contributed by atoms with Crippen LogP contribution in [0.25, 0.3) is 49.3 Å². The van der Waals surface area contributed by atoms with Crippen LogP contribution in [0.5, 0.6) is 0 Å². The summed E-state index contributed by atoms with van der Waals surface area (Å²) in [5.74, 6) is 0. The van der Waals surface area contributed by atoms with Gasteiger partial charge in [0.2, 0.25) is 0 Å². The van der Waals surface area contributed by atoms with Crippen molar-refractivity contribution in [3.8, 4) is 0 Å². The number of allylic oxidation sites excluding steroid dienone is 1. The molecule has 0 spiro atoms. The fourth-order valence-electron chi connectivity index (χ4n) is 6.06. The molecule has 0 saturated heterocycles. The minimum absolute atomic E-state index is 0.137. The second-order valence-corrected chi connectivity index (χ2v) is 10.8. The molecule has 218 valence electrons. The van der Waals surface area contributed by atoms with E-state index in [9.17, 15) is 13.2 Å². The van der Waals surface area contributed by atoms with E-state index in [-0.39, 0.29) is 11.4 Å². The lowest BCUT2D eigenvalue weighted by Crippen LogP contribution is -2.20. The molecule has 0 fully saturated rings. The molecule has 4 aromatic carbocycles. The molecule has 3 aromatic heterocycles. The van der Waals surface area contributed by atoms with Crippen molar-refractivity contribution in [2.75, 3.05) is 4.90 Å². The molecule has 0 radical (unpaired) electrons. The highest BCUT2D eigenvalue weighted by Crippen LogP contribution is 2.41. The van der Waals surface area contributed by atoms with E-state index in [2.05, 4.69) is 62.6 Å². The van der Waals surface area contributed by atoms with Crippen molar-refractivity contribution < 1.29 is 13.2 Å². The molecule has 0 atom stereocenters. The molecule has 9 heteroatoms. The Balaban J connectivity index is 1.45. The van der Waals surface area contributed by atoms with E-state index in [4.69, 9.17) is 11.1 Å². The predicted octanol–water partition coefficient (Wildman–Crippen LogP) is 8.72. The number of aromatic nitrogens is 3. The lowest BCUT2D eigenvalue weighted by atomic mass is 10.1. The van der Waals surface area contributed by atoms with Gasteiger partial charge in [-0.05, 0) is 60.7 Å². The first-order chi connectivity index (χ1) is 21.1. The topological polar surface area (TPSA) is 75.9 Å². The van der Waals surface area contributed by atoms with Crippen molar-refractivity contribution in [2.45, 2.75) is 6.18 Å². The van der Waals surface area contributed by atoms with Crippen molar-refractivity contribution in [1.82, 2.24) is 14.1 Å². The highest BCUT2D eigenvalue weighted by Gasteiger charge is 2.33. The number of nitrogens with two attached hydrogens (primary N) is 1. The largest absolute Gasteiger partial charge is 0.432 e. The smallest absolute Gasteiger partial charge is 0.397 e. The molecular weight excluding hydrogens is 561 g/mol. The number of nitrogens with zero attached hydrogens (tertiary/aromatic N) is 4. The van der Waals surface area contributed by atoms with Gasteiger partial charge in [-0.1, -0.05) is 42.5 Å². The molecule has 44 heavy (non-hydrogen) atoms. The van der Waals surface area contributed by atoms with Gasteiger partial charge >= 0.3 is 6.18 Å². The van der Waals surface area contributed by atoms with Crippen molar-refractivity contribution in [1.29, 1.82) is 5.41 Å². The Kier molecular flexibility index (Phi) is 6.21. The monoisotopic (exact) mass is 588 g/mol. The molecular formula is C35H27F3N6. The zero-order chi connectivity index (χ0) is 30.7. The van der Waals surface area contributed by atoms with Gasteiger partial charge in [0, 0.05) is 75.4 Å². The highest BCUT2D eigenvalue weighted by molar-refractivity contribution is 6.11. The molecule has 0 aliphatic rings. The van der Waals surface area contributed by atoms with Crippen LogP contribution >= 0.6 is 0 Å². The van der Waals surface area contributed by atoms with Gasteiger partial charge in [-0.3, -0.25) is 10.4 Å². The van der Waals surface area contributed by atoms with Crippen LogP contribution in [0.15, 0.2) is 109 Å². The number of aryl methyl sites for hydroxylation is 2. The minimum Gasteiger partial charge on any atom is -0.397 e. The summed E-state index contributed by atoms with van der Waals surface area (Å²) in [5, 5.41) is 11.8. The summed E-state index contributed by atoms with van der Waals surface area (Å²) in [6, 6.07) is 32.4. The first kappa shape index (κ1) is 27.3. The first-order valence-electron chi connectivity index (χ1n) is 14.0. The van der Waals surface area contributed by atoms with Crippen molar-refractivity contribution in [3.63, 3.8) is 0 Å². The Labute approximate surface area is 250 Å². The van der Waals surface area contributed by atoms with Crippen LogP contribution in [0.2, 0.25) is 0 Å². The Hall–Kier alpha value is -5.57. The van der Waals surface area contributed by atoms with E-state index in [1.807, 2.05) is 55.4 Å². The Morgan fingerprint density at radius 2 is 1.25 bits per heavy atom. The summed E-state index contributed by atoms with van der Waals surface area (Å²) in [7, 11) is 4.07. The average Bonchev–Trinajstić information content (AvgIpc) is 3.47. The first-order valence-corrected chi connectivity index (χ1v) is 14.0. The quantitative estimate of drug-likeness (QED) is 0.198. The van der Waals surface area contributed by atoms with Crippen molar-refractivity contribution in [3.05, 3.63) is 115 Å². The van der Waals surface area contributed by atoms with Crippen LogP contribution in [-0.4, -0.2) is 26.0 Å². The fourth-order valence-corrected chi connectivity index (χ4v) is 6.06. The van der Waals surface area contributed by atoms with E-state index in [1.165, 1.54) is 6.20 Å². The van der Waals surface area contributed by atoms with E-state index in [0.29, 0.717) is 11.8 Å². The number of pyridine rings is 1. The SMILES string of the molecule is Cn1c2ccccc2c2cc(N(c3ccnc(/C(N)=C/C(=N)C(F)(F)F)c3)c3ccc4c5ccccc5n(C)c4c3)ccc21. The van der Waals surface area contributed by atoms with Crippen LogP contribution < -0.4 is 10.6 Å². The summed E-state index contributed by atoms with van der Waals surface area (Å²) < 4.78 is 43.6. The van der Waals surface area contributed by atoms with Crippen LogP contribution in [0.3, 0.4) is 0 Å². The molecule has 7 aromatic rings. The second-order valence-electron chi connectivity index (χ2n) is 10.8. The summed E-state index contributed by atoms with van der Waals surface area (Å²) in [6.07, 6.45) is -2.70. The summed E-state index contributed by atoms with van der Waals surface area (Å²) >= 11 is 0. The molecule has 0 aliphatic heterocycles. The lowest BCUT2D eigenvalue weighted by molar-refractivity contribution is -0.0583. The number of anilines is 3. The Morgan fingerprint density at radius 3 is 1.95 bits per heavy atom. The third kappa shape index (κ3) is 4.36. The molecule has 0 amide bonds. The Bertz CT molecular complexity index is 2290. The summed E-state index contributed by atoms with van der Waals surface area (Å²) in [6.45, 7) is 0. The number of rotatable bonds is 5. The zero-order valence-corrected chi connectivity index (χ0v) is 23.9. The van der Waals surface area contributed by atoms with Crippen molar-refractivity contribution >= 4 is 72.1 Å². The van der Waals surface area contributed by atoms with Gasteiger partial charge in [0.1, 0.15) is 5.71 Å². The number of hydrogen-bond donors (Lipinski definition) is 2. The molecule has 3 N–H and O–H groups in total. The van der Waals surface area contributed by atoms with Gasteiger partial charge in [-0.25, -0.2) is 0 Å². The van der Waals surface area contributed by atoms with Crippen LogP contribution in [0.1, 0.15) is 5.69 Å². The van der Waals surface area contributed by atoms with Crippen LogP contribution in [0.4, 0.5) is 30.2 Å². The van der Waals surface area contributed by atoms with E-state index >= 15 is 0 Å². The maximum Gasteiger partial charge on any atom is 0.432 e. The zero-order valence-electron chi connectivity index (χ0n) is 23.9. The number of fused-ring (bicyclic) bond motifs is 6. The molecule has 0 aliphatic carbocycles. The van der Waals surface area contributed by atoms with Gasteiger partial charge in [0.15, 0.2) is 0 Å². The Morgan fingerprint density at radius 1 is 0.705 bits per heavy atom. The third-order valence-electron chi connectivity index (χ3n) is 8.21. The third-order valence-corrected chi connectivity index (χ3v) is 8.21. The highest BCUT2D eigenvalue weighted by atomic mass is 19.4. The van der Waals surface area contributed by atoms with E-state index in [1.54, 1.807) is 12.1 Å². The molecule has 0 saturated carbocycles. The summed E-state index contributed by atoms with van der Waals surface area (Å²) in [4.78, 5) is 6.29. The van der Waals surface area contributed by atoms with Crippen LogP contribution in [-0.2, 0) is 14.1 Å². The van der Waals surface area contributed by atoms with Gasteiger partial charge < -0.3 is 19.8 Å². The van der Waals surface area contributed by atoms with Gasteiger partial charge in [-0.15, -0.1) is 0 Å². The molecule has 7 rings (SSSR count). The van der Waals surface area contributed by atoms with Crippen LogP contribution in [0, 0.1) is 5.41 Å². The number of hydrogen-bond acceptors (Lipinski definition) is 4. The lowest BCUT2D eigenvalue weighted by Gasteiger charge is -2.26. The van der Waals surface area contributed by atoms with Gasteiger partial charge in [0.05, 0.1) is 16.9 Å². The molecule has 3 heterocycles. The maximum atomic E-state index is 13.1.